The van der Waals surface area contributed by atoms with Gasteiger partial charge in [0.25, 0.3) is 0 Å². The average molecular weight is 274 g/mol. The van der Waals surface area contributed by atoms with Gasteiger partial charge >= 0.3 is 5.97 Å². The van der Waals surface area contributed by atoms with Crippen molar-refractivity contribution in [1.29, 1.82) is 0 Å². The van der Waals surface area contributed by atoms with Crippen LogP contribution in [0, 0.1) is 5.92 Å². The maximum atomic E-state index is 11.7. The molecule has 1 aromatic rings. The Kier molecular flexibility index (Phi) is 6.62. The van der Waals surface area contributed by atoms with Crippen LogP contribution in [0.25, 0.3) is 0 Å². The van der Waals surface area contributed by atoms with Crippen molar-refractivity contribution in [2.75, 3.05) is 6.61 Å². The van der Waals surface area contributed by atoms with E-state index in [1.54, 1.807) is 0 Å². The summed E-state index contributed by atoms with van der Waals surface area (Å²) < 4.78 is 5.30. The van der Waals surface area contributed by atoms with Crippen LogP contribution in [0.5, 0.6) is 0 Å². The number of benzene rings is 1. The van der Waals surface area contributed by atoms with E-state index in [0.717, 1.165) is 18.8 Å². The van der Waals surface area contributed by atoms with E-state index >= 15 is 0 Å². The standard InChI is InChI=1S/C18H26O2/c19-18(13-7-12-16-8-3-1-4-9-16)20-15-14-17-10-5-2-6-11-17/h2,5-6,10-11,16H,1,3-4,7-9,12-15H2. The Morgan fingerprint density at radius 3 is 2.60 bits per heavy atom. The molecule has 1 aliphatic carbocycles. The van der Waals surface area contributed by atoms with Crippen LogP contribution in [0.4, 0.5) is 0 Å². The third-order valence-corrected chi connectivity index (χ3v) is 4.21. The van der Waals surface area contributed by atoms with Gasteiger partial charge in [-0.25, -0.2) is 0 Å². The fraction of sp³-hybridized carbons (Fsp3) is 0.611. The van der Waals surface area contributed by atoms with Crippen molar-refractivity contribution >= 4 is 5.97 Å². The van der Waals surface area contributed by atoms with Crippen molar-refractivity contribution in [1.82, 2.24) is 0 Å². The van der Waals surface area contributed by atoms with E-state index in [1.807, 2.05) is 18.2 Å². The van der Waals surface area contributed by atoms with Crippen LogP contribution in [0.3, 0.4) is 0 Å². The van der Waals surface area contributed by atoms with Crippen molar-refractivity contribution in [2.45, 2.75) is 57.8 Å². The van der Waals surface area contributed by atoms with Crippen LogP contribution in [0.15, 0.2) is 30.3 Å². The molecule has 20 heavy (non-hydrogen) atoms. The second-order valence-electron chi connectivity index (χ2n) is 5.85. The molecule has 0 heterocycles. The molecule has 0 bridgehead atoms. The molecule has 0 aliphatic heterocycles. The number of carbonyl (C=O) groups is 1. The predicted molar refractivity (Wildman–Crippen MR) is 81.5 cm³/mol. The minimum absolute atomic E-state index is 0.0308. The molecule has 0 aromatic heterocycles. The lowest BCUT2D eigenvalue weighted by Crippen LogP contribution is -2.10. The Morgan fingerprint density at radius 2 is 1.85 bits per heavy atom. The summed E-state index contributed by atoms with van der Waals surface area (Å²) in [4.78, 5) is 11.7. The number of hydrogen-bond donors (Lipinski definition) is 0. The summed E-state index contributed by atoms with van der Waals surface area (Å²) in [5.41, 5.74) is 1.22. The Balaban J connectivity index is 1.52. The highest BCUT2D eigenvalue weighted by Crippen LogP contribution is 2.27. The minimum Gasteiger partial charge on any atom is -0.465 e. The maximum Gasteiger partial charge on any atom is 0.305 e. The van der Waals surface area contributed by atoms with Crippen LogP contribution in [0.2, 0.25) is 0 Å². The number of carbonyl (C=O) groups excluding carboxylic acids is 1. The Hall–Kier alpha value is -1.31. The van der Waals surface area contributed by atoms with Gasteiger partial charge in [-0.3, -0.25) is 4.79 Å². The largest absolute Gasteiger partial charge is 0.465 e. The molecule has 1 saturated carbocycles. The number of esters is 1. The van der Waals surface area contributed by atoms with Gasteiger partial charge in [-0.1, -0.05) is 62.4 Å². The van der Waals surface area contributed by atoms with Gasteiger partial charge in [0.15, 0.2) is 0 Å². The summed E-state index contributed by atoms with van der Waals surface area (Å²) in [5, 5.41) is 0. The first-order valence-corrected chi connectivity index (χ1v) is 8.04. The van der Waals surface area contributed by atoms with Crippen LogP contribution < -0.4 is 0 Å². The molecular formula is C18H26O2. The molecule has 2 heteroatoms. The van der Waals surface area contributed by atoms with E-state index in [-0.39, 0.29) is 5.97 Å². The Morgan fingerprint density at radius 1 is 1.10 bits per heavy atom. The van der Waals surface area contributed by atoms with E-state index in [9.17, 15) is 4.79 Å². The van der Waals surface area contributed by atoms with Gasteiger partial charge in [0, 0.05) is 12.8 Å². The second kappa shape index (κ2) is 8.78. The summed E-state index contributed by atoms with van der Waals surface area (Å²) >= 11 is 0. The summed E-state index contributed by atoms with van der Waals surface area (Å²) in [6, 6.07) is 10.2. The molecule has 0 unspecified atom stereocenters. The quantitative estimate of drug-likeness (QED) is 0.683. The van der Waals surface area contributed by atoms with E-state index < -0.39 is 0 Å². The van der Waals surface area contributed by atoms with Crippen molar-refractivity contribution in [2.24, 2.45) is 5.92 Å². The molecule has 110 valence electrons. The van der Waals surface area contributed by atoms with Crippen molar-refractivity contribution in [3.63, 3.8) is 0 Å². The monoisotopic (exact) mass is 274 g/mol. The lowest BCUT2D eigenvalue weighted by molar-refractivity contribution is -0.143. The number of ether oxygens (including phenoxy) is 1. The highest BCUT2D eigenvalue weighted by Gasteiger charge is 2.13. The van der Waals surface area contributed by atoms with Crippen molar-refractivity contribution < 1.29 is 9.53 Å². The zero-order valence-corrected chi connectivity index (χ0v) is 12.4. The molecule has 0 N–H and O–H groups in total. The summed E-state index contributed by atoms with van der Waals surface area (Å²) in [6.45, 7) is 0.506. The first-order chi connectivity index (χ1) is 9.84. The van der Waals surface area contributed by atoms with E-state index in [0.29, 0.717) is 13.0 Å². The van der Waals surface area contributed by atoms with Crippen LogP contribution >= 0.6 is 0 Å². The first-order valence-electron chi connectivity index (χ1n) is 8.04. The molecule has 0 spiro atoms. The molecule has 2 nitrogen and oxygen atoms in total. The Labute approximate surface area is 122 Å². The lowest BCUT2D eigenvalue weighted by atomic mass is 9.86. The van der Waals surface area contributed by atoms with Gasteiger partial charge in [0.05, 0.1) is 6.61 Å². The zero-order valence-electron chi connectivity index (χ0n) is 12.4. The topological polar surface area (TPSA) is 26.3 Å². The number of rotatable bonds is 7. The normalized spacial score (nSPS) is 16.0. The molecule has 0 radical (unpaired) electrons. The smallest absolute Gasteiger partial charge is 0.305 e. The van der Waals surface area contributed by atoms with Crippen LogP contribution in [-0.4, -0.2) is 12.6 Å². The fourth-order valence-corrected chi connectivity index (χ4v) is 3.01. The first kappa shape index (κ1) is 15.1. The molecule has 2 rings (SSSR count). The molecule has 0 amide bonds. The van der Waals surface area contributed by atoms with Gasteiger partial charge in [0.1, 0.15) is 0 Å². The fourth-order valence-electron chi connectivity index (χ4n) is 3.01. The third-order valence-electron chi connectivity index (χ3n) is 4.21. The van der Waals surface area contributed by atoms with Gasteiger partial charge < -0.3 is 4.74 Å². The molecule has 1 aliphatic rings. The highest BCUT2D eigenvalue weighted by atomic mass is 16.5. The highest BCUT2D eigenvalue weighted by molar-refractivity contribution is 5.69. The predicted octanol–water partition coefficient (Wildman–Crippen LogP) is 4.52. The zero-order chi connectivity index (χ0) is 14.0. The summed E-state index contributed by atoms with van der Waals surface area (Å²) in [5.74, 6) is 0.831. The molecule has 1 aromatic carbocycles. The SMILES string of the molecule is O=C(CCCC1CCCCC1)OCCc1ccccc1. The van der Waals surface area contributed by atoms with E-state index in [2.05, 4.69) is 12.1 Å². The van der Waals surface area contributed by atoms with Gasteiger partial charge in [0.2, 0.25) is 0 Å². The molecular weight excluding hydrogens is 248 g/mol. The van der Waals surface area contributed by atoms with Gasteiger partial charge in [-0.05, 0) is 24.3 Å². The minimum atomic E-state index is -0.0308. The van der Waals surface area contributed by atoms with Gasteiger partial charge in [-0.15, -0.1) is 0 Å². The molecule has 0 saturated heterocycles. The van der Waals surface area contributed by atoms with E-state index in [1.165, 1.54) is 44.1 Å². The average Bonchev–Trinajstić information content (AvgIpc) is 2.49. The van der Waals surface area contributed by atoms with Crippen molar-refractivity contribution in [3.8, 4) is 0 Å². The lowest BCUT2D eigenvalue weighted by Gasteiger charge is -2.20. The molecule has 0 atom stereocenters. The Bertz CT molecular complexity index is 380. The maximum absolute atomic E-state index is 11.7. The van der Waals surface area contributed by atoms with Gasteiger partial charge in [-0.2, -0.15) is 0 Å². The number of hydrogen-bond acceptors (Lipinski definition) is 2. The van der Waals surface area contributed by atoms with E-state index in [4.69, 9.17) is 4.74 Å². The third kappa shape index (κ3) is 5.77. The second-order valence-corrected chi connectivity index (χ2v) is 5.85. The summed E-state index contributed by atoms with van der Waals surface area (Å²) in [6.07, 6.45) is 10.5. The van der Waals surface area contributed by atoms with Crippen LogP contribution in [-0.2, 0) is 16.0 Å². The summed E-state index contributed by atoms with van der Waals surface area (Å²) in [7, 11) is 0. The molecule has 1 fully saturated rings. The van der Waals surface area contributed by atoms with Crippen molar-refractivity contribution in [3.05, 3.63) is 35.9 Å². The van der Waals surface area contributed by atoms with Crippen LogP contribution in [0.1, 0.15) is 56.9 Å².